The number of hydrogen-bond donors (Lipinski definition) is 0. The molecule has 1 aromatic rings. The molecule has 21 heavy (non-hydrogen) atoms. The highest BCUT2D eigenvalue weighted by Gasteiger charge is 2.36. The van der Waals surface area contributed by atoms with Gasteiger partial charge in [0, 0.05) is 38.8 Å². The molecule has 2 fully saturated rings. The molecule has 0 spiro atoms. The quantitative estimate of drug-likeness (QED) is 0.774. The number of piperazine rings is 1. The Hall–Kier alpha value is -1.23. The van der Waals surface area contributed by atoms with E-state index in [2.05, 4.69) is 16.4 Å². The fourth-order valence-corrected chi connectivity index (χ4v) is 3.38. The highest BCUT2D eigenvalue weighted by atomic mass is 19.1. The van der Waals surface area contributed by atoms with Gasteiger partial charge in [0.1, 0.15) is 5.82 Å². The monoisotopic (exact) mass is 290 g/mol. The maximum atomic E-state index is 12.9. The van der Waals surface area contributed by atoms with Crippen LogP contribution in [-0.4, -0.2) is 54.7 Å². The third kappa shape index (κ3) is 3.70. The Labute approximate surface area is 126 Å². The van der Waals surface area contributed by atoms with Crippen molar-refractivity contribution in [2.75, 3.05) is 32.8 Å². The van der Waals surface area contributed by atoms with E-state index in [1.165, 1.54) is 5.56 Å². The molecule has 3 rings (SSSR count). The second kappa shape index (κ2) is 6.69. The van der Waals surface area contributed by atoms with Gasteiger partial charge in [0.15, 0.2) is 0 Å². The SMILES string of the molecule is C=CCO[C@@H]1C[C@H]2CN(Cc3ccc(F)cc3)CCN2C1. The van der Waals surface area contributed by atoms with Crippen molar-refractivity contribution < 1.29 is 9.13 Å². The second-order valence-electron chi connectivity index (χ2n) is 5.99. The van der Waals surface area contributed by atoms with Crippen molar-refractivity contribution in [2.45, 2.75) is 25.1 Å². The maximum Gasteiger partial charge on any atom is 0.123 e. The van der Waals surface area contributed by atoms with Crippen LogP contribution in [0.5, 0.6) is 0 Å². The normalized spacial score (nSPS) is 26.7. The molecular weight excluding hydrogens is 267 g/mol. The zero-order chi connectivity index (χ0) is 14.7. The molecule has 0 saturated carbocycles. The van der Waals surface area contributed by atoms with Gasteiger partial charge in [-0.25, -0.2) is 4.39 Å². The van der Waals surface area contributed by atoms with E-state index in [4.69, 9.17) is 4.74 Å². The van der Waals surface area contributed by atoms with E-state index < -0.39 is 0 Å². The van der Waals surface area contributed by atoms with Crippen LogP contribution in [0.1, 0.15) is 12.0 Å². The number of nitrogens with zero attached hydrogens (tertiary/aromatic N) is 2. The molecule has 0 aromatic heterocycles. The average Bonchev–Trinajstić information content (AvgIpc) is 2.89. The van der Waals surface area contributed by atoms with Crippen LogP contribution >= 0.6 is 0 Å². The third-order valence-electron chi connectivity index (χ3n) is 4.43. The fraction of sp³-hybridized carbons (Fsp3) is 0.529. The lowest BCUT2D eigenvalue weighted by molar-refractivity contribution is 0.0758. The second-order valence-corrected chi connectivity index (χ2v) is 5.99. The Morgan fingerprint density at radius 1 is 1.24 bits per heavy atom. The van der Waals surface area contributed by atoms with Crippen LogP contribution in [0.4, 0.5) is 4.39 Å². The van der Waals surface area contributed by atoms with Crippen LogP contribution in [0.2, 0.25) is 0 Å². The summed E-state index contributed by atoms with van der Waals surface area (Å²) < 4.78 is 18.7. The van der Waals surface area contributed by atoms with Gasteiger partial charge in [0.25, 0.3) is 0 Å². The van der Waals surface area contributed by atoms with Gasteiger partial charge in [0.2, 0.25) is 0 Å². The predicted molar refractivity (Wildman–Crippen MR) is 81.6 cm³/mol. The van der Waals surface area contributed by atoms with Crippen molar-refractivity contribution in [3.05, 3.63) is 48.3 Å². The summed E-state index contributed by atoms with van der Waals surface area (Å²) in [6.07, 6.45) is 3.27. The summed E-state index contributed by atoms with van der Waals surface area (Å²) in [5.41, 5.74) is 1.18. The number of halogens is 1. The smallest absolute Gasteiger partial charge is 0.123 e. The van der Waals surface area contributed by atoms with Gasteiger partial charge < -0.3 is 4.74 Å². The molecule has 2 saturated heterocycles. The average molecular weight is 290 g/mol. The zero-order valence-electron chi connectivity index (χ0n) is 12.4. The molecule has 114 valence electrons. The number of ether oxygens (including phenoxy) is 1. The van der Waals surface area contributed by atoms with Crippen molar-refractivity contribution in [2.24, 2.45) is 0 Å². The van der Waals surface area contributed by atoms with Gasteiger partial charge in [0.05, 0.1) is 12.7 Å². The molecule has 2 aliphatic heterocycles. The number of rotatable bonds is 5. The van der Waals surface area contributed by atoms with E-state index in [1.807, 2.05) is 18.2 Å². The summed E-state index contributed by atoms with van der Waals surface area (Å²) in [5.74, 6) is -0.165. The van der Waals surface area contributed by atoms with Gasteiger partial charge in [-0.2, -0.15) is 0 Å². The lowest BCUT2D eigenvalue weighted by Crippen LogP contribution is -2.49. The molecule has 0 aliphatic carbocycles. The standard InChI is InChI=1S/C17H23FN2O/c1-2-9-21-17-10-16-12-19(7-8-20(16)13-17)11-14-3-5-15(18)6-4-14/h2-6,16-17H,1,7-13H2/t16-,17+/m0/s1. The van der Waals surface area contributed by atoms with Gasteiger partial charge in [-0.3, -0.25) is 9.80 Å². The van der Waals surface area contributed by atoms with E-state index in [-0.39, 0.29) is 5.82 Å². The van der Waals surface area contributed by atoms with Crippen LogP contribution < -0.4 is 0 Å². The Balaban J connectivity index is 1.52. The maximum absolute atomic E-state index is 12.9. The lowest BCUT2D eigenvalue weighted by atomic mass is 10.1. The minimum atomic E-state index is -0.165. The first kappa shape index (κ1) is 14.7. The van der Waals surface area contributed by atoms with Crippen molar-refractivity contribution in [1.82, 2.24) is 9.80 Å². The van der Waals surface area contributed by atoms with E-state index in [0.717, 1.165) is 39.1 Å². The Bertz CT molecular complexity index is 476. The topological polar surface area (TPSA) is 15.7 Å². The zero-order valence-corrected chi connectivity index (χ0v) is 12.4. The number of hydrogen-bond acceptors (Lipinski definition) is 3. The van der Waals surface area contributed by atoms with E-state index in [0.29, 0.717) is 18.8 Å². The van der Waals surface area contributed by atoms with Crippen molar-refractivity contribution in [3.63, 3.8) is 0 Å². The summed E-state index contributed by atoms with van der Waals surface area (Å²) in [5, 5.41) is 0. The summed E-state index contributed by atoms with van der Waals surface area (Å²) in [6, 6.07) is 7.44. The predicted octanol–water partition coefficient (Wildman–Crippen LogP) is 2.29. The molecule has 0 unspecified atom stereocenters. The minimum absolute atomic E-state index is 0.165. The molecular formula is C17H23FN2O. The highest BCUT2D eigenvalue weighted by Crippen LogP contribution is 2.25. The van der Waals surface area contributed by atoms with Crippen LogP contribution in [0.15, 0.2) is 36.9 Å². The van der Waals surface area contributed by atoms with Crippen LogP contribution in [0.3, 0.4) is 0 Å². The first-order chi connectivity index (χ1) is 10.2. The Kier molecular flexibility index (Phi) is 4.68. The molecule has 3 nitrogen and oxygen atoms in total. The molecule has 2 heterocycles. The largest absolute Gasteiger partial charge is 0.373 e. The molecule has 4 heteroatoms. The fourth-order valence-electron chi connectivity index (χ4n) is 3.38. The van der Waals surface area contributed by atoms with E-state index in [9.17, 15) is 4.39 Å². The van der Waals surface area contributed by atoms with Crippen LogP contribution in [0, 0.1) is 5.82 Å². The van der Waals surface area contributed by atoms with Gasteiger partial charge in [-0.05, 0) is 24.1 Å². The number of fused-ring (bicyclic) bond motifs is 1. The van der Waals surface area contributed by atoms with E-state index >= 15 is 0 Å². The molecule has 2 atom stereocenters. The number of benzene rings is 1. The summed E-state index contributed by atoms with van der Waals surface area (Å²) in [7, 11) is 0. The molecule has 0 bridgehead atoms. The van der Waals surface area contributed by atoms with Crippen molar-refractivity contribution >= 4 is 0 Å². The van der Waals surface area contributed by atoms with Crippen molar-refractivity contribution in [3.8, 4) is 0 Å². The molecule has 2 aliphatic rings. The summed E-state index contributed by atoms with van der Waals surface area (Å²) in [6.45, 7) is 9.54. The first-order valence-electron chi connectivity index (χ1n) is 7.68. The third-order valence-corrected chi connectivity index (χ3v) is 4.43. The van der Waals surface area contributed by atoms with E-state index in [1.54, 1.807) is 12.1 Å². The first-order valence-corrected chi connectivity index (χ1v) is 7.68. The summed E-state index contributed by atoms with van der Waals surface area (Å²) in [4.78, 5) is 5.00. The molecule has 1 aromatic carbocycles. The molecule has 0 N–H and O–H groups in total. The van der Waals surface area contributed by atoms with Crippen LogP contribution in [-0.2, 0) is 11.3 Å². The highest BCUT2D eigenvalue weighted by molar-refractivity contribution is 5.16. The van der Waals surface area contributed by atoms with Gasteiger partial charge in [-0.15, -0.1) is 6.58 Å². The van der Waals surface area contributed by atoms with Crippen molar-refractivity contribution in [1.29, 1.82) is 0 Å². The Morgan fingerprint density at radius 2 is 2.05 bits per heavy atom. The molecule has 0 radical (unpaired) electrons. The lowest BCUT2D eigenvalue weighted by Gasteiger charge is -2.37. The van der Waals surface area contributed by atoms with Gasteiger partial charge in [-0.1, -0.05) is 18.2 Å². The Morgan fingerprint density at radius 3 is 2.81 bits per heavy atom. The van der Waals surface area contributed by atoms with Crippen LogP contribution in [0.25, 0.3) is 0 Å². The minimum Gasteiger partial charge on any atom is -0.373 e. The summed E-state index contributed by atoms with van der Waals surface area (Å²) >= 11 is 0. The van der Waals surface area contributed by atoms with Gasteiger partial charge >= 0.3 is 0 Å². The molecule has 0 amide bonds.